The van der Waals surface area contributed by atoms with Crippen molar-refractivity contribution in [2.24, 2.45) is 5.92 Å². The summed E-state index contributed by atoms with van der Waals surface area (Å²) in [4.78, 5) is 27.0. The Morgan fingerprint density at radius 2 is 1.85 bits per heavy atom. The Balaban J connectivity index is 1.32. The lowest BCUT2D eigenvalue weighted by Crippen LogP contribution is -2.38. The number of benzene rings is 1. The van der Waals surface area contributed by atoms with E-state index in [1.165, 1.54) is 31.7 Å². The minimum atomic E-state index is -0.257. The number of amides is 2. The number of carbonyl (C=O) groups is 2. The molecule has 3 atom stereocenters. The highest BCUT2D eigenvalue weighted by molar-refractivity contribution is 5.89. The molecule has 140 valence electrons. The first kappa shape index (κ1) is 17.5. The van der Waals surface area contributed by atoms with Crippen LogP contribution in [0.4, 0.5) is 4.39 Å². The van der Waals surface area contributed by atoms with E-state index in [0.29, 0.717) is 24.6 Å². The molecule has 1 saturated heterocycles. The van der Waals surface area contributed by atoms with E-state index in [1.807, 2.05) is 11.0 Å². The van der Waals surface area contributed by atoms with E-state index in [-0.39, 0.29) is 35.5 Å². The maximum absolute atomic E-state index is 13.9. The first-order valence-corrected chi connectivity index (χ1v) is 9.98. The van der Waals surface area contributed by atoms with Crippen LogP contribution in [-0.2, 0) is 9.59 Å². The summed E-state index contributed by atoms with van der Waals surface area (Å²) in [5.74, 6) is -0.315. The summed E-state index contributed by atoms with van der Waals surface area (Å²) in [6.45, 7) is 0.548. The molecule has 0 bridgehead atoms. The summed E-state index contributed by atoms with van der Waals surface area (Å²) in [6.07, 6.45) is 8.09. The van der Waals surface area contributed by atoms with Gasteiger partial charge in [-0.15, -0.1) is 0 Å². The van der Waals surface area contributed by atoms with Gasteiger partial charge in [0.05, 0.1) is 5.92 Å². The standard InChI is InChI=1S/C21H27FN2O2/c22-18-10-6-5-9-16(18)17-12-19(17)23-21(26)14-11-20(25)24(13-14)15-7-3-1-2-4-8-15/h5-6,9-10,14-15,17,19H,1-4,7-8,11-13H2,(H,23,26)/t14-,17-,19-/m1/s1. The Morgan fingerprint density at radius 3 is 2.58 bits per heavy atom. The third kappa shape index (κ3) is 3.62. The first-order valence-electron chi connectivity index (χ1n) is 9.98. The van der Waals surface area contributed by atoms with E-state index in [1.54, 1.807) is 12.1 Å². The molecular formula is C21H27FN2O2. The Hall–Kier alpha value is -1.91. The van der Waals surface area contributed by atoms with Gasteiger partial charge in [-0.25, -0.2) is 4.39 Å². The zero-order chi connectivity index (χ0) is 18.1. The fourth-order valence-electron chi connectivity index (χ4n) is 4.60. The molecule has 0 unspecified atom stereocenters. The molecule has 0 radical (unpaired) electrons. The van der Waals surface area contributed by atoms with Crippen LogP contribution in [0.15, 0.2) is 24.3 Å². The quantitative estimate of drug-likeness (QED) is 0.839. The number of hydrogen-bond donors (Lipinski definition) is 1. The molecule has 1 aliphatic heterocycles. The third-order valence-corrected chi connectivity index (χ3v) is 6.22. The fraction of sp³-hybridized carbons (Fsp3) is 0.619. The summed E-state index contributed by atoms with van der Waals surface area (Å²) in [5, 5.41) is 3.04. The Labute approximate surface area is 154 Å². The van der Waals surface area contributed by atoms with Gasteiger partial charge < -0.3 is 10.2 Å². The summed E-state index contributed by atoms with van der Waals surface area (Å²) < 4.78 is 13.9. The van der Waals surface area contributed by atoms with Gasteiger partial charge in [-0.3, -0.25) is 9.59 Å². The van der Waals surface area contributed by atoms with E-state index in [0.717, 1.165) is 19.3 Å². The number of hydrogen-bond acceptors (Lipinski definition) is 2. The van der Waals surface area contributed by atoms with Gasteiger partial charge >= 0.3 is 0 Å². The fourth-order valence-corrected chi connectivity index (χ4v) is 4.60. The molecule has 1 N–H and O–H groups in total. The normalized spacial score (nSPS) is 29.5. The second-order valence-corrected chi connectivity index (χ2v) is 8.07. The molecule has 3 fully saturated rings. The average molecular weight is 358 g/mol. The molecule has 3 aliphatic rings. The molecule has 4 nitrogen and oxygen atoms in total. The Bertz CT molecular complexity index is 684. The van der Waals surface area contributed by atoms with Crippen LogP contribution >= 0.6 is 0 Å². The largest absolute Gasteiger partial charge is 0.352 e. The lowest BCUT2D eigenvalue weighted by Gasteiger charge is -2.27. The molecule has 5 heteroatoms. The molecule has 2 amide bonds. The summed E-state index contributed by atoms with van der Waals surface area (Å²) in [5.41, 5.74) is 0.681. The van der Waals surface area contributed by atoms with Crippen LogP contribution in [-0.4, -0.2) is 35.3 Å². The smallest absolute Gasteiger partial charge is 0.225 e. The second kappa shape index (κ2) is 7.37. The summed E-state index contributed by atoms with van der Waals surface area (Å²) in [6, 6.07) is 7.08. The van der Waals surface area contributed by atoms with Crippen molar-refractivity contribution in [2.45, 2.75) is 69.4 Å². The van der Waals surface area contributed by atoms with E-state index in [4.69, 9.17) is 0 Å². The zero-order valence-electron chi connectivity index (χ0n) is 15.1. The van der Waals surface area contributed by atoms with Crippen molar-refractivity contribution in [1.29, 1.82) is 0 Å². The topological polar surface area (TPSA) is 49.4 Å². The van der Waals surface area contributed by atoms with Crippen LogP contribution in [0, 0.1) is 11.7 Å². The predicted octanol–water partition coefficient (Wildman–Crippen LogP) is 3.37. The molecule has 0 aromatic heterocycles. The number of halogens is 1. The highest BCUT2D eigenvalue weighted by Crippen LogP contribution is 2.42. The minimum Gasteiger partial charge on any atom is -0.352 e. The van der Waals surface area contributed by atoms with E-state index in [2.05, 4.69) is 5.32 Å². The number of likely N-dealkylation sites (tertiary alicyclic amines) is 1. The van der Waals surface area contributed by atoms with Crippen molar-refractivity contribution in [1.82, 2.24) is 10.2 Å². The Morgan fingerprint density at radius 1 is 1.12 bits per heavy atom. The lowest BCUT2D eigenvalue weighted by molar-refractivity contribution is -0.130. The van der Waals surface area contributed by atoms with Crippen molar-refractivity contribution < 1.29 is 14.0 Å². The number of rotatable bonds is 4. The van der Waals surface area contributed by atoms with Gasteiger partial charge in [0.25, 0.3) is 0 Å². The minimum absolute atomic E-state index is 0.00133. The molecule has 2 aliphatic carbocycles. The van der Waals surface area contributed by atoms with Crippen LogP contribution in [0.1, 0.15) is 62.8 Å². The van der Waals surface area contributed by atoms with Crippen LogP contribution < -0.4 is 5.32 Å². The predicted molar refractivity (Wildman–Crippen MR) is 97.0 cm³/mol. The van der Waals surface area contributed by atoms with Crippen molar-refractivity contribution in [3.8, 4) is 0 Å². The summed E-state index contributed by atoms with van der Waals surface area (Å²) >= 11 is 0. The average Bonchev–Trinajstić information content (AvgIpc) is 3.35. The third-order valence-electron chi connectivity index (χ3n) is 6.22. The van der Waals surface area contributed by atoms with Crippen LogP contribution in [0.2, 0.25) is 0 Å². The van der Waals surface area contributed by atoms with E-state index in [9.17, 15) is 14.0 Å². The van der Waals surface area contributed by atoms with Gasteiger partial charge in [0.15, 0.2) is 0 Å². The van der Waals surface area contributed by atoms with E-state index < -0.39 is 0 Å². The molecule has 4 rings (SSSR count). The maximum Gasteiger partial charge on any atom is 0.225 e. The Kier molecular flexibility index (Phi) is 4.96. The van der Waals surface area contributed by atoms with Gasteiger partial charge in [-0.2, -0.15) is 0 Å². The molecule has 1 aromatic rings. The van der Waals surface area contributed by atoms with Crippen molar-refractivity contribution in [2.75, 3.05) is 6.54 Å². The monoisotopic (exact) mass is 358 g/mol. The molecule has 26 heavy (non-hydrogen) atoms. The van der Waals surface area contributed by atoms with Crippen molar-refractivity contribution in [3.63, 3.8) is 0 Å². The van der Waals surface area contributed by atoms with Crippen LogP contribution in [0.25, 0.3) is 0 Å². The number of nitrogens with zero attached hydrogens (tertiary/aromatic N) is 1. The zero-order valence-corrected chi connectivity index (χ0v) is 15.1. The highest BCUT2D eigenvalue weighted by Gasteiger charge is 2.44. The van der Waals surface area contributed by atoms with Crippen LogP contribution in [0.3, 0.4) is 0 Å². The molecular weight excluding hydrogens is 331 g/mol. The molecule has 2 saturated carbocycles. The van der Waals surface area contributed by atoms with E-state index >= 15 is 0 Å². The van der Waals surface area contributed by atoms with Gasteiger partial charge in [-0.05, 0) is 30.9 Å². The number of nitrogens with one attached hydrogen (secondary N) is 1. The summed E-state index contributed by atoms with van der Waals surface area (Å²) in [7, 11) is 0. The van der Waals surface area contributed by atoms with Crippen molar-refractivity contribution in [3.05, 3.63) is 35.6 Å². The van der Waals surface area contributed by atoms with Gasteiger partial charge in [-0.1, -0.05) is 43.9 Å². The first-order chi connectivity index (χ1) is 12.6. The van der Waals surface area contributed by atoms with Gasteiger partial charge in [0.1, 0.15) is 5.82 Å². The van der Waals surface area contributed by atoms with Crippen LogP contribution in [0.5, 0.6) is 0 Å². The second-order valence-electron chi connectivity index (χ2n) is 8.07. The van der Waals surface area contributed by atoms with Gasteiger partial charge in [0.2, 0.25) is 11.8 Å². The molecule has 1 heterocycles. The molecule has 1 aromatic carbocycles. The number of carbonyl (C=O) groups excluding carboxylic acids is 2. The lowest BCUT2D eigenvalue weighted by atomic mass is 10.1. The molecule has 0 spiro atoms. The van der Waals surface area contributed by atoms with Gasteiger partial charge in [0, 0.05) is 31.0 Å². The maximum atomic E-state index is 13.9. The highest BCUT2D eigenvalue weighted by atomic mass is 19.1. The SMILES string of the molecule is O=C(N[C@@H]1C[C@@H]1c1ccccc1F)[C@@H]1CC(=O)N(C2CCCCCC2)C1. The van der Waals surface area contributed by atoms with Crippen molar-refractivity contribution >= 4 is 11.8 Å².